The zero-order valence-electron chi connectivity index (χ0n) is 15.8. The van der Waals surface area contributed by atoms with Crippen LogP contribution < -0.4 is 15.5 Å². The van der Waals surface area contributed by atoms with Gasteiger partial charge in [0, 0.05) is 30.5 Å². The number of thioether (sulfide) groups is 1. The van der Waals surface area contributed by atoms with E-state index in [9.17, 15) is 4.79 Å². The summed E-state index contributed by atoms with van der Waals surface area (Å²) in [6.45, 7) is 9.28. The molecule has 0 bridgehead atoms. The van der Waals surface area contributed by atoms with Gasteiger partial charge in [-0.05, 0) is 45.0 Å². The first-order valence-electron chi connectivity index (χ1n) is 9.01. The van der Waals surface area contributed by atoms with E-state index >= 15 is 0 Å². The third-order valence-electron chi connectivity index (χ3n) is 3.98. The SMILES string of the molecule is CC(C)Nc1nnc(S[C@H](C)C(=O)Nc2ccc(N3CCOCC3)cc2)s1. The summed E-state index contributed by atoms with van der Waals surface area (Å²) in [5.41, 5.74) is 1.95. The molecule has 0 radical (unpaired) electrons. The molecule has 7 nitrogen and oxygen atoms in total. The van der Waals surface area contributed by atoms with Crippen LogP contribution in [0.5, 0.6) is 0 Å². The predicted molar refractivity (Wildman–Crippen MR) is 112 cm³/mol. The minimum Gasteiger partial charge on any atom is -0.378 e. The number of carbonyl (C=O) groups is 1. The molecule has 1 fully saturated rings. The Morgan fingerprint density at radius 2 is 1.89 bits per heavy atom. The summed E-state index contributed by atoms with van der Waals surface area (Å²) < 4.78 is 6.16. The second-order valence-corrected chi connectivity index (χ2v) is 9.13. The van der Waals surface area contributed by atoms with Gasteiger partial charge < -0.3 is 20.3 Å². The fourth-order valence-electron chi connectivity index (χ4n) is 2.59. The fraction of sp³-hybridized carbons (Fsp3) is 0.500. The van der Waals surface area contributed by atoms with Gasteiger partial charge in [0.25, 0.3) is 0 Å². The Morgan fingerprint density at radius 3 is 2.56 bits per heavy atom. The molecule has 2 N–H and O–H groups in total. The summed E-state index contributed by atoms with van der Waals surface area (Å²) >= 11 is 2.88. The number of amides is 1. The van der Waals surface area contributed by atoms with Crippen molar-refractivity contribution in [3.63, 3.8) is 0 Å². The molecule has 146 valence electrons. The summed E-state index contributed by atoms with van der Waals surface area (Å²) in [6, 6.07) is 8.25. The molecule has 1 amide bonds. The molecule has 2 aromatic rings. The number of anilines is 3. The Balaban J connectivity index is 1.52. The molecule has 2 heterocycles. The highest BCUT2D eigenvalue weighted by molar-refractivity contribution is 8.02. The Kier molecular flexibility index (Phi) is 6.92. The summed E-state index contributed by atoms with van der Waals surface area (Å²) in [6.07, 6.45) is 0. The first-order valence-corrected chi connectivity index (χ1v) is 10.7. The average molecular weight is 408 g/mol. The van der Waals surface area contributed by atoms with Crippen LogP contribution >= 0.6 is 23.1 Å². The lowest BCUT2D eigenvalue weighted by Gasteiger charge is -2.28. The van der Waals surface area contributed by atoms with E-state index in [2.05, 4.69) is 39.6 Å². The monoisotopic (exact) mass is 407 g/mol. The van der Waals surface area contributed by atoms with E-state index in [-0.39, 0.29) is 11.2 Å². The van der Waals surface area contributed by atoms with Crippen LogP contribution in [0.1, 0.15) is 20.8 Å². The maximum absolute atomic E-state index is 12.5. The number of hydrogen-bond acceptors (Lipinski definition) is 8. The van der Waals surface area contributed by atoms with Crippen molar-refractivity contribution in [2.45, 2.75) is 36.4 Å². The molecule has 1 aliphatic rings. The van der Waals surface area contributed by atoms with Gasteiger partial charge in [0.15, 0.2) is 4.34 Å². The molecular formula is C18H25N5O2S2. The number of benzene rings is 1. The second-order valence-electron chi connectivity index (χ2n) is 6.57. The van der Waals surface area contributed by atoms with Crippen molar-refractivity contribution in [3.8, 4) is 0 Å². The minimum absolute atomic E-state index is 0.0484. The Morgan fingerprint density at radius 1 is 1.19 bits per heavy atom. The Hall–Kier alpha value is -1.84. The van der Waals surface area contributed by atoms with Crippen LogP contribution in [0.2, 0.25) is 0 Å². The summed E-state index contributed by atoms with van der Waals surface area (Å²) in [5.74, 6) is -0.0484. The third-order valence-corrected chi connectivity index (χ3v) is 6.02. The quantitative estimate of drug-likeness (QED) is 0.682. The molecule has 0 spiro atoms. The second kappa shape index (κ2) is 9.38. The number of ether oxygens (including phenoxy) is 1. The Bertz CT molecular complexity index is 744. The van der Waals surface area contributed by atoms with Crippen LogP contribution in [0.15, 0.2) is 28.6 Å². The fourth-order valence-corrected chi connectivity index (χ4v) is 4.63. The summed E-state index contributed by atoms with van der Waals surface area (Å²) in [4.78, 5) is 14.8. The standard InChI is InChI=1S/C18H25N5O2S2/c1-12(2)19-17-21-22-18(27-17)26-13(3)16(24)20-14-4-6-15(7-5-14)23-8-10-25-11-9-23/h4-7,12-13H,8-11H2,1-3H3,(H,19,21)(H,20,24)/t13-/m1/s1. The first kappa shape index (κ1) is 19.9. The molecule has 1 saturated heterocycles. The summed E-state index contributed by atoms with van der Waals surface area (Å²) in [5, 5.41) is 14.9. The van der Waals surface area contributed by atoms with E-state index in [0.29, 0.717) is 6.04 Å². The predicted octanol–water partition coefficient (Wildman–Crippen LogP) is 3.31. The molecule has 3 rings (SSSR count). The third kappa shape index (κ3) is 5.82. The van der Waals surface area contributed by atoms with Gasteiger partial charge >= 0.3 is 0 Å². The lowest BCUT2D eigenvalue weighted by molar-refractivity contribution is -0.115. The van der Waals surface area contributed by atoms with Crippen LogP contribution in [-0.4, -0.2) is 53.7 Å². The molecule has 0 unspecified atom stereocenters. The normalized spacial score (nSPS) is 15.6. The summed E-state index contributed by atoms with van der Waals surface area (Å²) in [7, 11) is 0. The number of carbonyl (C=O) groups excluding carboxylic acids is 1. The highest BCUT2D eigenvalue weighted by Gasteiger charge is 2.18. The number of nitrogens with one attached hydrogen (secondary N) is 2. The van der Waals surface area contributed by atoms with E-state index in [1.165, 1.54) is 23.1 Å². The largest absolute Gasteiger partial charge is 0.378 e. The maximum atomic E-state index is 12.5. The number of morpholine rings is 1. The molecule has 1 aromatic carbocycles. The van der Waals surface area contributed by atoms with Crippen LogP contribution in [0.25, 0.3) is 0 Å². The molecule has 0 aliphatic carbocycles. The molecule has 0 saturated carbocycles. The lowest BCUT2D eigenvalue weighted by atomic mass is 10.2. The van der Waals surface area contributed by atoms with Gasteiger partial charge in [0.1, 0.15) is 0 Å². The number of hydrogen-bond donors (Lipinski definition) is 2. The number of nitrogens with zero attached hydrogens (tertiary/aromatic N) is 3. The van der Waals surface area contributed by atoms with E-state index in [1.54, 1.807) is 0 Å². The number of aromatic nitrogens is 2. The zero-order chi connectivity index (χ0) is 19.2. The Labute approximate surface area is 167 Å². The van der Waals surface area contributed by atoms with Crippen LogP contribution in [0.4, 0.5) is 16.5 Å². The minimum atomic E-state index is -0.260. The molecule has 1 atom stereocenters. The van der Waals surface area contributed by atoms with Gasteiger partial charge in [-0.1, -0.05) is 23.1 Å². The average Bonchev–Trinajstić information content (AvgIpc) is 3.09. The van der Waals surface area contributed by atoms with Gasteiger partial charge in [-0.3, -0.25) is 4.79 Å². The molecule has 1 aliphatic heterocycles. The van der Waals surface area contributed by atoms with Crippen LogP contribution in [0, 0.1) is 0 Å². The van der Waals surface area contributed by atoms with Gasteiger partial charge in [0.05, 0.1) is 18.5 Å². The molecule has 9 heteroatoms. The van der Waals surface area contributed by atoms with E-state index in [1.807, 2.05) is 31.2 Å². The smallest absolute Gasteiger partial charge is 0.237 e. The van der Waals surface area contributed by atoms with Gasteiger partial charge in [-0.15, -0.1) is 10.2 Å². The van der Waals surface area contributed by atoms with Crippen molar-refractivity contribution in [2.75, 3.05) is 41.8 Å². The highest BCUT2D eigenvalue weighted by atomic mass is 32.2. The zero-order valence-corrected chi connectivity index (χ0v) is 17.4. The maximum Gasteiger partial charge on any atom is 0.237 e. The van der Waals surface area contributed by atoms with Crippen molar-refractivity contribution in [1.29, 1.82) is 0 Å². The molecular weight excluding hydrogens is 382 g/mol. The van der Waals surface area contributed by atoms with E-state index in [0.717, 1.165) is 47.1 Å². The lowest BCUT2D eigenvalue weighted by Crippen LogP contribution is -2.36. The van der Waals surface area contributed by atoms with Crippen molar-refractivity contribution >= 4 is 45.5 Å². The van der Waals surface area contributed by atoms with E-state index in [4.69, 9.17) is 4.74 Å². The first-order chi connectivity index (χ1) is 13.0. The van der Waals surface area contributed by atoms with Crippen LogP contribution in [0.3, 0.4) is 0 Å². The highest BCUT2D eigenvalue weighted by Crippen LogP contribution is 2.30. The number of rotatable bonds is 7. The van der Waals surface area contributed by atoms with Gasteiger partial charge in [0.2, 0.25) is 11.0 Å². The van der Waals surface area contributed by atoms with Crippen molar-refractivity contribution in [3.05, 3.63) is 24.3 Å². The van der Waals surface area contributed by atoms with Crippen molar-refractivity contribution < 1.29 is 9.53 Å². The van der Waals surface area contributed by atoms with Crippen LogP contribution in [-0.2, 0) is 9.53 Å². The van der Waals surface area contributed by atoms with Crippen molar-refractivity contribution in [2.24, 2.45) is 0 Å². The van der Waals surface area contributed by atoms with Crippen molar-refractivity contribution in [1.82, 2.24) is 10.2 Å². The van der Waals surface area contributed by atoms with E-state index < -0.39 is 0 Å². The molecule has 1 aromatic heterocycles. The topological polar surface area (TPSA) is 79.4 Å². The van der Waals surface area contributed by atoms with Gasteiger partial charge in [-0.2, -0.15) is 0 Å². The molecule has 27 heavy (non-hydrogen) atoms. The van der Waals surface area contributed by atoms with Gasteiger partial charge in [-0.25, -0.2) is 0 Å².